The number of hydrogen-bond donors (Lipinski definition) is 1. The second kappa shape index (κ2) is 5.85. The third-order valence-corrected chi connectivity index (χ3v) is 5.11. The van der Waals surface area contributed by atoms with Gasteiger partial charge in [0.05, 0.1) is 11.8 Å². The first-order valence-corrected chi connectivity index (χ1v) is 8.82. The molecule has 1 aliphatic rings. The summed E-state index contributed by atoms with van der Waals surface area (Å²) in [6, 6.07) is 17.4. The molecule has 0 radical (unpaired) electrons. The Morgan fingerprint density at radius 3 is 2.32 bits per heavy atom. The van der Waals surface area contributed by atoms with E-state index in [1.807, 2.05) is 54.6 Å². The first kappa shape index (κ1) is 14.7. The first-order valence-electron chi connectivity index (χ1n) is 7.10. The summed E-state index contributed by atoms with van der Waals surface area (Å²) in [7, 11) is -3.09. The van der Waals surface area contributed by atoms with Crippen molar-refractivity contribution in [1.82, 2.24) is 0 Å². The van der Waals surface area contributed by atoms with Crippen molar-refractivity contribution in [2.45, 2.75) is 12.6 Å². The minimum absolute atomic E-state index is 0.122. The van der Waals surface area contributed by atoms with Crippen molar-refractivity contribution in [2.75, 3.05) is 16.4 Å². The average molecular weight is 314 g/mol. The SMILES string of the molecule is Nc1ccc(CN(c2ccccc2)[C@@H]2C=CS(=O)(=O)C2)cc1. The zero-order chi connectivity index (χ0) is 15.6. The van der Waals surface area contributed by atoms with E-state index in [4.69, 9.17) is 5.73 Å². The molecule has 0 spiro atoms. The minimum atomic E-state index is -3.09. The molecule has 1 heterocycles. The molecule has 2 aromatic carbocycles. The smallest absolute Gasteiger partial charge is 0.173 e. The van der Waals surface area contributed by atoms with Crippen LogP contribution in [-0.4, -0.2) is 20.2 Å². The van der Waals surface area contributed by atoms with Crippen LogP contribution in [0.3, 0.4) is 0 Å². The molecule has 5 heteroatoms. The van der Waals surface area contributed by atoms with E-state index in [-0.39, 0.29) is 11.8 Å². The highest BCUT2D eigenvalue weighted by Gasteiger charge is 2.27. The lowest BCUT2D eigenvalue weighted by Gasteiger charge is -2.30. The Hall–Kier alpha value is -2.27. The molecular weight excluding hydrogens is 296 g/mol. The van der Waals surface area contributed by atoms with Gasteiger partial charge in [-0.05, 0) is 35.9 Å². The third kappa shape index (κ3) is 3.31. The van der Waals surface area contributed by atoms with Crippen molar-refractivity contribution in [2.24, 2.45) is 0 Å². The van der Waals surface area contributed by atoms with Crippen LogP contribution in [0.15, 0.2) is 66.1 Å². The van der Waals surface area contributed by atoms with Gasteiger partial charge in [-0.25, -0.2) is 8.42 Å². The summed E-state index contributed by atoms with van der Waals surface area (Å²) in [6.45, 7) is 0.634. The monoisotopic (exact) mass is 314 g/mol. The minimum Gasteiger partial charge on any atom is -0.399 e. The van der Waals surface area contributed by atoms with Crippen LogP contribution in [0.25, 0.3) is 0 Å². The lowest BCUT2D eigenvalue weighted by molar-refractivity contribution is 0.601. The molecule has 114 valence electrons. The van der Waals surface area contributed by atoms with Crippen molar-refractivity contribution < 1.29 is 8.42 Å². The molecule has 0 unspecified atom stereocenters. The van der Waals surface area contributed by atoms with Gasteiger partial charge in [-0.15, -0.1) is 0 Å². The van der Waals surface area contributed by atoms with Gasteiger partial charge in [0, 0.05) is 23.3 Å². The molecule has 2 aromatic rings. The number of nitrogens with two attached hydrogens (primary N) is 1. The molecule has 0 saturated carbocycles. The number of anilines is 2. The van der Waals surface area contributed by atoms with Crippen molar-refractivity contribution in [3.8, 4) is 0 Å². The second-order valence-electron chi connectivity index (χ2n) is 5.43. The molecule has 0 amide bonds. The van der Waals surface area contributed by atoms with Gasteiger partial charge in [0.25, 0.3) is 0 Å². The van der Waals surface area contributed by atoms with Gasteiger partial charge in [-0.3, -0.25) is 0 Å². The Morgan fingerprint density at radius 2 is 1.73 bits per heavy atom. The Morgan fingerprint density at radius 1 is 1.05 bits per heavy atom. The van der Waals surface area contributed by atoms with E-state index in [1.165, 1.54) is 5.41 Å². The normalized spacial score (nSPS) is 19.2. The summed E-state index contributed by atoms with van der Waals surface area (Å²) in [5.74, 6) is 0.122. The zero-order valence-electron chi connectivity index (χ0n) is 12.1. The fourth-order valence-corrected chi connectivity index (χ4v) is 3.89. The Labute approximate surface area is 130 Å². The summed E-state index contributed by atoms with van der Waals surface area (Å²) in [5.41, 5.74) is 8.54. The van der Waals surface area contributed by atoms with E-state index in [0.717, 1.165) is 16.9 Å². The molecule has 22 heavy (non-hydrogen) atoms. The summed E-state index contributed by atoms with van der Waals surface area (Å²) in [4.78, 5) is 2.10. The number of nitrogens with zero attached hydrogens (tertiary/aromatic N) is 1. The van der Waals surface area contributed by atoms with E-state index in [1.54, 1.807) is 6.08 Å². The zero-order valence-corrected chi connectivity index (χ0v) is 12.9. The highest BCUT2D eigenvalue weighted by Crippen LogP contribution is 2.24. The molecule has 3 rings (SSSR count). The number of nitrogen functional groups attached to an aromatic ring is 1. The standard InChI is InChI=1S/C17H18N2O2S/c18-15-8-6-14(7-9-15)12-19(16-4-2-1-3-5-16)17-10-11-22(20,21)13-17/h1-11,17H,12-13,18H2/t17-/m1/s1. The molecule has 0 fully saturated rings. The highest BCUT2D eigenvalue weighted by atomic mass is 32.2. The van der Waals surface area contributed by atoms with Crippen LogP contribution < -0.4 is 10.6 Å². The molecule has 2 N–H and O–H groups in total. The summed E-state index contributed by atoms with van der Waals surface area (Å²) < 4.78 is 23.5. The summed E-state index contributed by atoms with van der Waals surface area (Å²) >= 11 is 0. The number of para-hydroxylation sites is 1. The lowest BCUT2D eigenvalue weighted by atomic mass is 10.1. The molecule has 4 nitrogen and oxygen atoms in total. The molecule has 0 aromatic heterocycles. The maximum absolute atomic E-state index is 11.7. The summed E-state index contributed by atoms with van der Waals surface area (Å²) in [5, 5.41) is 1.32. The van der Waals surface area contributed by atoms with Crippen LogP contribution in [0.1, 0.15) is 5.56 Å². The van der Waals surface area contributed by atoms with Gasteiger partial charge in [0.1, 0.15) is 0 Å². The number of rotatable bonds is 4. The van der Waals surface area contributed by atoms with E-state index in [9.17, 15) is 8.42 Å². The molecule has 1 atom stereocenters. The molecular formula is C17H18N2O2S. The van der Waals surface area contributed by atoms with Gasteiger partial charge in [0.15, 0.2) is 9.84 Å². The Kier molecular flexibility index (Phi) is 3.90. The Balaban J connectivity index is 1.90. The van der Waals surface area contributed by atoms with Crippen molar-refractivity contribution in [3.63, 3.8) is 0 Å². The maximum atomic E-state index is 11.7. The van der Waals surface area contributed by atoms with E-state index < -0.39 is 9.84 Å². The molecule has 0 aliphatic carbocycles. The number of benzene rings is 2. The van der Waals surface area contributed by atoms with Crippen LogP contribution >= 0.6 is 0 Å². The first-order chi connectivity index (χ1) is 10.5. The highest BCUT2D eigenvalue weighted by molar-refractivity contribution is 7.94. The van der Waals surface area contributed by atoms with Crippen LogP contribution in [-0.2, 0) is 16.4 Å². The van der Waals surface area contributed by atoms with Crippen LogP contribution in [0.2, 0.25) is 0 Å². The second-order valence-corrected chi connectivity index (χ2v) is 7.36. The van der Waals surface area contributed by atoms with Gasteiger partial charge in [-0.2, -0.15) is 0 Å². The third-order valence-electron chi connectivity index (χ3n) is 3.73. The van der Waals surface area contributed by atoms with E-state index >= 15 is 0 Å². The van der Waals surface area contributed by atoms with Crippen molar-refractivity contribution >= 4 is 21.2 Å². The van der Waals surface area contributed by atoms with Crippen LogP contribution in [0.4, 0.5) is 11.4 Å². The fourth-order valence-electron chi connectivity index (χ4n) is 2.59. The van der Waals surface area contributed by atoms with Gasteiger partial charge >= 0.3 is 0 Å². The van der Waals surface area contributed by atoms with Crippen molar-refractivity contribution in [3.05, 3.63) is 71.6 Å². The van der Waals surface area contributed by atoms with Crippen molar-refractivity contribution in [1.29, 1.82) is 0 Å². The molecule has 0 saturated heterocycles. The molecule has 1 aliphatic heterocycles. The number of hydrogen-bond acceptors (Lipinski definition) is 4. The van der Waals surface area contributed by atoms with Crippen LogP contribution in [0, 0.1) is 0 Å². The maximum Gasteiger partial charge on any atom is 0.173 e. The van der Waals surface area contributed by atoms with Gasteiger partial charge in [-0.1, -0.05) is 30.3 Å². The Bertz CT molecular complexity index is 768. The quantitative estimate of drug-likeness (QED) is 0.881. The van der Waals surface area contributed by atoms with E-state index in [0.29, 0.717) is 6.54 Å². The topological polar surface area (TPSA) is 63.4 Å². The number of sulfone groups is 1. The summed E-state index contributed by atoms with van der Waals surface area (Å²) in [6.07, 6.45) is 1.76. The fraction of sp³-hybridized carbons (Fsp3) is 0.176. The predicted octanol–water partition coefficient (Wildman–Crippen LogP) is 2.59. The van der Waals surface area contributed by atoms with E-state index in [2.05, 4.69) is 4.90 Å². The largest absolute Gasteiger partial charge is 0.399 e. The average Bonchev–Trinajstić information content (AvgIpc) is 2.87. The molecule has 0 bridgehead atoms. The lowest BCUT2D eigenvalue weighted by Crippen LogP contribution is -2.35. The predicted molar refractivity (Wildman–Crippen MR) is 90.2 cm³/mol. The van der Waals surface area contributed by atoms with Crippen LogP contribution in [0.5, 0.6) is 0 Å². The van der Waals surface area contributed by atoms with Gasteiger partial charge in [0.2, 0.25) is 0 Å². The van der Waals surface area contributed by atoms with Gasteiger partial charge < -0.3 is 10.6 Å².